The Morgan fingerprint density at radius 1 is 0.467 bits per heavy atom. The molecule has 3 unspecified atom stereocenters. The van der Waals surface area contributed by atoms with E-state index in [2.05, 4.69) is 76.4 Å². The second kappa shape index (κ2) is 42.5. The number of alkyl halides is 3. The van der Waals surface area contributed by atoms with E-state index < -0.39 is 48.2 Å². The van der Waals surface area contributed by atoms with Crippen LogP contribution in [0.1, 0.15) is 210 Å². The average Bonchev–Trinajstić information content (AvgIpc) is 0.803. The zero-order valence-electron chi connectivity index (χ0n) is 72.8. The highest BCUT2D eigenvalue weighted by Gasteiger charge is 2.44. The summed E-state index contributed by atoms with van der Waals surface area (Å²) in [6.07, 6.45) is 17.5. The molecule has 0 spiro atoms. The third kappa shape index (κ3) is 26.1. The number of likely N-dealkylation sites (N-methyl/N-ethyl adjacent to an activating group) is 1. The molecule has 0 bridgehead atoms. The number of halogens is 3. The maximum Gasteiger partial charge on any atom is 0.272 e. The first-order valence-corrected chi connectivity index (χ1v) is 41.7. The molecule has 0 aliphatic carbocycles. The summed E-state index contributed by atoms with van der Waals surface area (Å²) >= 11 is 0. The van der Waals surface area contributed by atoms with Crippen LogP contribution in [0.3, 0.4) is 0 Å². The fourth-order valence-electron chi connectivity index (χ4n) is 16.2. The molecule has 638 valence electrons. The van der Waals surface area contributed by atoms with Gasteiger partial charge >= 0.3 is 0 Å². The van der Waals surface area contributed by atoms with Crippen molar-refractivity contribution in [3.8, 4) is 33.4 Å². The minimum atomic E-state index is -2.69. The third-order valence-electron chi connectivity index (χ3n) is 22.0. The Hall–Kier alpha value is -10.8. The lowest BCUT2D eigenvalue weighted by atomic mass is 9.85. The van der Waals surface area contributed by atoms with Crippen LogP contribution in [0.15, 0.2) is 179 Å². The van der Waals surface area contributed by atoms with Crippen molar-refractivity contribution < 1.29 is 41.9 Å². The number of hydrogen-bond donors (Lipinski definition) is 2. The molecule has 0 radical (unpaired) electrons. The normalized spacial score (nSPS) is 14.9. The van der Waals surface area contributed by atoms with Crippen LogP contribution in [-0.2, 0) is 48.3 Å². The predicted molar refractivity (Wildman–Crippen MR) is 468 cm³/mol. The Bertz CT molecular complexity index is 5230. The van der Waals surface area contributed by atoms with Gasteiger partial charge in [0.05, 0.1) is 31.2 Å². The molecule has 23 heteroatoms. The van der Waals surface area contributed by atoms with Crippen molar-refractivity contribution in [1.82, 2.24) is 54.0 Å². The molecule has 6 aromatic heterocycles. The molecule has 3 aromatic carbocycles. The second-order valence-electron chi connectivity index (χ2n) is 34.7. The summed E-state index contributed by atoms with van der Waals surface area (Å²) in [5.41, 5.74) is 16.7. The van der Waals surface area contributed by atoms with Crippen molar-refractivity contribution in [3.05, 3.63) is 263 Å². The molecule has 11 rings (SSSR count). The van der Waals surface area contributed by atoms with E-state index in [4.69, 9.17) is 0 Å². The fraction of sp³-hybridized carbons (Fsp3) is 0.443. The lowest BCUT2D eigenvalue weighted by Crippen LogP contribution is -2.55. The van der Waals surface area contributed by atoms with Gasteiger partial charge in [-0.3, -0.25) is 63.1 Å². The zero-order chi connectivity index (χ0) is 87.6. The smallest absolute Gasteiger partial charge is 0.272 e. The topological polar surface area (TPSA) is 241 Å². The van der Waals surface area contributed by atoms with E-state index in [1.807, 2.05) is 141 Å². The van der Waals surface area contributed by atoms with Gasteiger partial charge in [0, 0.05) is 149 Å². The Morgan fingerprint density at radius 3 is 1.22 bits per heavy atom. The van der Waals surface area contributed by atoms with Crippen molar-refractivity contribution in [2.24, 2.45) is 17.8 Å². The molecule has 2 aliphatic rings. The van der Waals surface area contributed by atoms with Gasteiger partial charge in [-0.2, -0.15) is 0 Å². The van der Waals surface area contributed by atoms with Gasteiger partial charge in [-0.05, 0) is 233 Å². The molecule has 2 aliphatic heterocycles. The largest absolute Gasteiger partial charge is 0.347 e. The van der Waals surface area contributed by atoms with Crippen LogP contribution in [0.5, 0.6) is 0 Å². The second-order valence-corrected chi connectivity index (χ2v) is 34.7. The van der Waals surface area contributed by atoms with Crippen molar-refractivity contribution in [2.75, 3.05) is 46.8 Å². The summed E-state index contributed by atoms with van der Waals surface area (Å²) in [6.45, 7) is 30.6. The summed E-state index contributed by atoms with van der Waals surface area (Å²) in [6, 6.07) is 30.7. The van der Waals surface area contributed by atoms with Crippen LogP contribution in [0.2, 0.25) is 0 Å². The number of ketones is 4. The highest BCUT2D eigenvalue weighted by Crippen LogP contribution is 2.37. The summed E-state index contributed by atoms with van der Waals surface area (Å²) in [5, 5.41) is 6.10. The number of rotatable bonds is 35. The molecule has 8 heterocycles. The van der Waals surface area contributed by atoms with Crippen LogP contribution in [0, 0.1) is 59.3 Å². The fourth-order valence-corrected chi connectivity index (χ4v) is 16.2. The van der Waals surface area contributed by atoms with E-state index in [0.717, 1.165) is 102 Å². The number of Topliss-reactive ketones (excluding diaryl/α,β-unsaturated/α-hetero) is 4. The average molecular weight is 1640 g/mol. The third-order valence-corrected chi connectivity index (χ3v) is 22.0. The summed E-state index contributed by atoms with van der Waals surface area (Å²) in [7, 11) is 4.01. The number of aryl methyl sites for hydroxylation is 6. The van der Waals surface area contributed by atoms with Crippen LogP contribution in [0.4, 0.5) is 13.2 Å². The standard InChI is InChI=1S/C33H43N3O3.C32H38F2N4O3.C32H39FN4O3/c1-22(2)15-30(36-14-12-26(17-32(36)39)11-13-35(6)7)31(38)19-27(16-25(5)37)28-18-29(21-34-20-28)33-23(3)9-8-10-24(33)4;1-20(2)11-28(38-17-24(9-10-29(38)40)16-37-18-32(33,34)19-37)31(41)36-27(12-23(5)39)25-13-26(15-35-14-25)30-21(3)7-6-8-22(30)4;1-20(2)11-29(37-17-24(9-10-30(37)39)16-36-18-27(33)19-36)32(40)35-28(12-23(5)38)25-13-26(15-34-14-25)31-21(3)7-6-8-22(31)4/h8-10,12,14,17-18,20-22,27,30H,11,13,15-16,19H2,1-7H3;6-10,13-15,17,20,27-28H,11-12,16,18-19H2,1-5H3,(H,36,41);6-10,13-15,17,20,27-29H,11-12,16,18-19H2,1-5H3,(H,35,40)/t27-,30?;27-,28?;28-,29?/m100/s1. The molecule has 20 nitrogen and oxygen atoms in total. The van der Waals surface area contributed by atoms with E-state index in [1.54, 1.807) is 84.2 Å². The number of likely N-dealkylation sites (tertiary alicyclic amines) is 2. The van der Waals surface area contributed by atoms with Gasteiger partial charge in [0.1, 0.15) is 35.6 Å². The number of carbonyl (C=O) groups excluding carboxylic acids is 6. The Labute approximate surface area is 704 Å². The lowest BCUT2D eigenvalue weighted by molar-refractivity contribution is -0.134. The number of amides is 2. The molecule has 9 aromatic rings. The van der Waals surface area contributed by atoms with Crippen LogP contribution in [-0.4, -0.2) is 137 Å². The summed E-state index contributed by atoms with van der Waals surface area (Å²) in [4.78, 5) is 137. The van der Waals surface area contributed by atoms with E-state index in [1.165, 1.54) is 35.1 Å². The lowest BCUT2D eigenvalue weighted by Gasteiger charge is -2.38. The molecule has 2 amide bonds. The Kier molecular flexibility index (Phi) is 32.9. The van der Waals surface area contributed by atoms with Gasteiger partial charge in [-0.1, -0.05) is 108 Å². The molecular formula is C97H120F3N11O9. The minimum Gasteiger partial charge on any atom is -0.347 e. The molecule has 2 fully saturated rings. The molecule has 120 heavy (non-hydrogen) atoms. The first-order valence-electron chi connectivity index (χ1n) is 41.7. The number of hydrogen-bond acceptors (Lipinski definition) is 15. The molecule has 0 saturated carbocycles. The number of pyridine rings is 6. The van der Waals surface area contributed by atoms with Crippen molar-refractivity contribution in [1.29, 1.82) is 0 Å². The van der Waals surface area contributed by atoms with Gasteiger partial charge in [0.25, 0.3) is 22.6 Å². The molecular weight excluding hydrogens is 1520 g/mol. The number of benzene rings is 3. The maximum atomic E-state index is 13.9. The van der Waals surface area contributed by atoms with E-state index >= 15 is 0 Å². The molecule has 2 saturated heterocycles. The quantitative estimate of drug-likeness (QED) is 0.0375. The van der Waals surface area contributed by atoms with E-state index in [0.29, 0.717) is 50.0 Å². The van der Waals surface area contributed by atoms with Crippen LogP contribution >= 0.6 is 0 Å². The SMILES string of the molecule is CC(=O)C[C@H](CC(=O)C(CC(C)C)n1ccc(CCN(C)C)cc1=O)c1cncc(-c2c(C)cccc2C)c1.CC(=O)C[C@H](NC(=O)C(CC(C)C)n1cc(CN2CC(F)(F)C2)ccc1=O)c1cncc(-c2c(C)cccc2C)c1.CC(=O)C[C@H](NC(=O)C(CC(C)C)n1cc(CN2CC(F)C2)ccc1=O)c1cncc(-c2c(C)cccc2C)c1. The predicted octanol–water partition coefficient (Wildman–Crippen LogP) is 16.4. The highest BCUT2D eigenvalue weighted by atomic mass is 19.3. The van der Waals surface area contributed by atoms with Crippen molar-refractivity contribution >= 4 is 34.9 Å². The number of aromatic nitrogens is 6. The monoisotopic (exact) mass is 1640 g/mol. The van der Waals surface area contributed by atoms with Gasteiger partial charge in [0.2, 0.25) is 11.8 Å². The minimum absolute atomic E-state index is 0.0214. The van der Waals surface area contributed by atoms with Crippen LogP contribution in [0.25, 0.3) is 33.4 Å². The Morgan fingerprint density at radius 2 is 0.850 bits per heavy atom. The van der Waals surface area contributed by atoms with Gasteiger partial charge in [-0.25, -0.2) is 13.2 Å². The van der Waals surface area contributed by atoms with Crippen molar-refractivity contribution in [2.45, 2.75) is 217 Å². The summed E-state index contributed by atoms with van der Waals surface area (Å²) < 4.78 is 44.5. The van der Waals surface area contributed by atoms with Gasteiger partial charge in [-0.15, -0.1) is 0 Å². The molecule has 2 N–H and O–H groups in total. The first kappa shape index (κ1) is 93.1. The maximum absolute atomic E-state index is 13.9. The van der Waals surface area contributed by atoms with Crippen molar-refractivity contribution in [3.63, 3.8) is 0 Å². The van der Waals surface area contributed by atoms with Gasteiger partial charge < -0.3 is 34.0 Å². The van der Waals surface area contributed by atoms with E-state index in [9.17, 15) is 56.3 Å². The number of nitrogens with one attached hydrogen (secondary N) is 2. The number of carbonyl (C=O) groups is 6. The first-order chi connectivity index (χ1) is 56.8. The van der Waals surface area contributed by atoms with Gasteiger partial charge in [0.15, 0.2) is 5.78 Å². The Balaban J connectivity index is 0.000000205. The zero-order valence-corrected chi connectivity index (χ0v) is 72.8. The number of nitrogens with zero attached hydrogens (tertiary/aromatic N) is 9. The van der Waals surface area contributed by atoms with Crippen LogP contribution < -0.4 is 27.3 Å². The van der Waals surface area contributed by atoms with E-state index in [-0.39, 0.29) is 115 Å². The summed E-state index contributed by atoms with van der Waals surface area (Å²) in [5.74, 6) is -3.46. The highest BCUT2D eigenvalue weighted by molar-refractivity contribution is 5.86. The molecule has 6 atom stereocenters.